The van der Waals surface area contributed by atoms with Crippen molar-refractivity contribution >= 4 is 22.9 Å². The molecular weight excluding hydrogens is 262 g/mol. The van der Waals surface area contributed by atoms with Crippen molar-refractivity contribution in [3.05, 3.63) is 51.5 Å². The van der Waals surface area contributed by atoms with Crippen molar-refractivity contribution in [3.8, 4) is 0 Å². The molecule has 0 aliphatic carbocycles. The molecule has 0 N–H and O–H groups in total. The molecule has 0 radical (unpaired) electrons. The van der Waals surface area contributed by atoms with Crippen molar-refractivity contribution in [1.29, 1.82) is 0 Å². The molecule has 0 fully saturated rings. The number of aromatic nitrogens is 1. The number of hydrogen-bond acceptors (Lipinski definition) is 2. The standard InChI is InChI=1S/C15H18ClNS/c1-11-4-3-5-13(6-11)7-14(9-16)8-15-10-18-12(2)17-15/h3-6,10,14H,7-9H2,1-2H3. The summed E-state index contributed by atoms with van der Waals surface area (Å²) in [7, 11) is 0. The van der Waals surface area contributed by atoms with E-state index in [9.17, 15) is 0 Å². The van der Waals surface area contributed by atoms with E-state index >= 15 is 0 Å². The minimum Gasteiger partial charge on any atom is -0.247 e. The van der Waals surface area contributed by atoms with Gasteiger partial charge in [-0.1, -0.05) is 29.8 Å². The molecule has 96 valence electrons. The average Bonchev–Trinajstić information content (AvgIpc) is 2.74. The Balaban J connectivity index is 2.01. The van der Waals surface area contributed by atoms with Crippen LogP contribution in [0.25, 0.3) is 0 Å². The zero-order valence-corrected chi connectivity index (χ0v) is 12.4. The van der Waals surface area contributed by atoms with Crippen LogP contribution in [0.4, 0.5) is 0 Å². The first kappa shape index (κ1) is 13.6. The van der Waals surface area contributed by atoms with Gasteiger partial charge in [0, 0.05) is 11.3 Å². The lowest BCUT2D eigenvalue weighted by Gasteiger charge is -2.12. The van der Waals surface area contributed by atoms with E-state index in [0.29, 0.717) is 11.8 Å². The highest BCUT2D eigenvalue weighted by molar-refractivity contribution is 7.09. The lowest BCUT2D eigenvalue weighted by atomic mass is 9.96. The largest absolute Gasteiger partial charge is 0.247 e. The first-order valence-corrected chi connectivity index (χ1v) is 7.61. The monoisotopic (exact) mass is 279 g/mol. The summed E-state index contributed by atoms with van der Waals surface area (Å²) in [6.45, 7) is 4.17. The normalized spacial score (nSPS) is 12.6. The second-order valence-electron chi connectivity index (χ2n) is 4.78. The first-order chi connectivity index (χ1) is 8.67. The van der Waals surface area contributed by atoms with Crippen LogP contribution in [0.2, 0.25) is 0 Å². The van der Waals surface area contributed by atoms with Crippen molar-refractivity contribution in [2.24, 2.45) is 5.92 Å². The van der Waals surface area contributed by atoms with Gasteiger partial charge in [-0.2, -0.15) is 0 Å². The molecular formula is C15H18ClNS. The van der Waals surface area contributed by atoms with Crippen LogP contribution in [0.1, 0.15) is 21.8 Å². The van der Waals surface area contributed by atoms with E-state index in [2.05, 4.69) is 41.6 Å². The summed E-state index contributed by atoms with van der Waals surface area (Å²) in [4.78, 5) is 4.52. The predicted octanol–water partition coefficient (Wildman–Crippen LogP) is 4.40. The minimum atomic E-state index is 0.468. The summed E-state index contributed by atoms with van der Waals surface area (Å²) in [5.74, 6) is 1.15. The van der Waals surface area contributed by atoms with Gasteiger partial charge in [-0.25, -0.2) is 4.98 Å². The Morgan fingerprint density at radius 1 is 1.28 bits per heavy atom. The maximum absolute atomic E-state index is 6.09. The van der Waals surface area contributed by atoms with Gasteiger partial charge >= 0.3 is 0 Å². The molecule has 0 spiro atoms. The highest BCUT2D eigenvalue weighted by atomic mass is 35.5. The number of hydrogen-bond donors (Lipinski definition) is 0. The Kier molecular flexibility index (Phi) is 4.79. The van der Waals surface area contributed by atoms with Gasteiger partial charge < -0.3 is 0 Å². The van der Waals surface area contributed by atoms with Crippen LogP contribution in [-0.4, -0.2) is 10.9 Å². The van der Waals surface area contributed by atoms with Gasteiger partial charge in [0.15, 0.2) is 0 Å². The Morgan fingerprint density at radius 3 is 2.72 bits per heavy atom. The number of benzene rings is 1. The molecule has 1 atom stereocenters. The van der Waals surface area contributed by atoms with Crippen LogP contribution in [0.15, 0.2) is 29.6 Å². The summed E-state index contributed by atoms with van der Waals surface area (Å²) < 4.78 is 0. The molecule has 2 aromatic rings. The van der Waals surface area contributed by atoms with Crippen molar-refractivity contribution in [1.82, 2.24) is 4.98 Å². The molecule has 1 aromatic heterocycles. The smallest absolute Gasteiger partial charge is 0.0897 e. The number of alkyl halides is 1. The maximum Gasteiger partial charge on any atom is 0.0897 e. The fourth-order valence-corrected chi connectivity index (χ4v) is 3.00. The zero-order chi connectivity index (χ0) is 13.0. The molecule has 0 saturated carbocycles. The number of rotatable bonds is 5. The minimum absolute atomic E-state index is 0.468. The fraction of sp³-hybridized carbons (Fsp3) is 0.400. The highest BCUT2D eigenvalue weighted by Gasteiger charge is 2.11. The van der Waals surface area contributed by atoms with E-state index in [4.69, 9.17) is 11.6 Å². The quantitative estimate of drug-likeness (QED) is 0.739. The Morgan fingerprint density at radius 2 is 2.11 bits per heavy atom. The van der Waals surface area contributed by atoms with E-state index in [1.807, 2.05) is 6.92 Å². The van der Waals surface area contributed by atoms with Crippen LogP contribution >= 0.6 is 22.9 Å². The zero-order valence-electron chi connectivity index (χ0n) is 10.8. The molecule has 1 unspecified atom stereocenters. The Bertz CT molecular complexity index is 507. The molecule has 1 aromatic carbocycles. The van der Waals surface area contributed by atoms with Gasteiger partial charge in [0.05, 0.1) is 10.7 Å². The van der Waals surface area contributed by atoms with Crippen molar-refractivity contribution in [3.63, 3.8) is 0 Å². The van der Waals surface area contributed by atoms with E-state index < -0.39 is 0 Å². The van der Waals surface area contributed by atoms with Gasteiger partial charge in [-0.05, 0) is 38.2 Å². The van der Waals surface area contributed by atoms with Crippen LogP contribution in [0, 0.1) is 19.8 Å². The SMILES string of the molecule is Cc1cccc(CC(CCl)Cc2csc(C)n2)c1. The van der Waals surface area contributed by atoms with Gasteiger partial charge in [0.2, 0.25) is 0 Å². The second kappa shape index (κ2) is 6.35. The number of thiazole rings is 1. The van der Waals surface area contributed by atoms with Gasteiger partial charge in [0.1, 0.15) is 0 Å². The average molecular weight is 280 g/mol. The van der Waals surface area contributed by atoms with Crippen molar-refractivity contribution in [2.45, 2.75) is 26.7 Å². The third-order valence-corrected chi connectivity index (χ3v) is 4.25. The van der Waals surface area contributed by atoms with E-state index in [-0.39, 0.29) is 0 Å². The first-order valence-electron chi connectivity index (χ1n) is 6.20. The van der Waals surface area contributed by atoms with Gasteiger partial charge in [0.25, 0.3) is 0 Å². The second-order valence-corrected chi connectivity index (χ2v) is 6.15. The van der Waals surface area contributed by atoms with Crippen molar-refractivity contribution < 1.29 is 0 Å². The highest BCUT2D eigenvalue weighted by Crippen LogP contribution is 2.18. The summed E-state index contributed by atoms with van der Waals surface area (Å²) in [6, 6.07) is 8.66. The molecule has 0 aliphatic heterocycles. The lowest BCUT2D eigenvalue weighted by Crippen LogP contribution is -2.10. The molecule has 0 bridgehead atoms. The fourth-order valence-electron chi connectivity index (χ4n) is 2.15. The lowest BCUT2D eigenvalue weighted by molar-refractivity contribution is 0.576. The number of nitrogens with zero attached hydrogens (tertiary/aromatic N) is 1. The third-order valence-electron chi connectivity index (χ3n) is 2.99. The van der Waals surface area contributed by atoms with Crippen LogP contribution in [0.3, 0.4) is 0 Å². The number of aryl methyl sites for hydroxylation is 2. The van der Waals surface area contributed by atoms with E-state index in [0.717, 1.165) is 17.8 Å². The molecule has 0 aliphatic rings. The molecule has 2 rings (SSSR count). The molecule has 1 nitrogen and oxygen atoms in total. The molecule has 1 heterocycles. The van der Waals surface area contributed by atoms with Gasteiger partial charge in [-0.15, -0.1) is 22.9 Å². The summed E-state index contributed by atoms with van der Waals surface area (Å²) in [6.07, 6.45) is 2.00. The molecule has 18 heavy (non-hydrogen) atoms. The molecule has 3 heteroatoms. The van der Waals surface area contributed by atoms with Crippen LogP contribution in [0.5, 0.6) is 0 Å². The van der Waals surface area contributed by atoms with Crippen LogP contribution < -0.4 is 0 Å². The van der Waals surface area contributed by atoms with E-state index in [1.165, 1.54) is 16.8 Å². The third kappa shape index (κ3) is 3.82. The van der Waals surface area contributed by atoms with Crippen molar-refractivity contribution in [2.75, 3.05) is 5.88 Å². The molecule has 0 saturated heterocycles. The topological polar surface area (TPSA) is 12.9 Å². The molecule has 0 amide bonds. The van der Waals surface area contributed by atoms with Gasteiger partial charge in [-0.3, -0.25) is 0 Å². The van der Waals surface area contributed by atoms with E-state index in [1.54, 1.807) is 11.3 Å². The predicted molar refractivity (Wildman–Crippen MR) is 79.6 cm³/mol. The Hall–Kier alpha value is -0.860. The Labute approximate surface area is 118 Å². The summed E-state index contributed by atoms with van der Waals surface area (Å²) >= 11 is 7.80. The number of halogens is 1. The maximum atomic E-state index is 6.09. The summed E-state index contributed by atoms with van der Waals surface area (Å²) in [5, 5.41) is 3.28. The summed E-state index contributed by atoms with van der Waals surface area (Å²) in [5.41, 5.74) is 3.86. The van der Waals surface area contributed by atoms with Crippen LogP contribution in [-0.2, 0) is 12.8 Å².